The SMILES string of the molecule is COC(=O)C1=C(C(=O)OC)[C@@H]2C=C[C@H]1C2(c1ccccc1)c1ccc(Cl)cc1. The molecule has 0 fully saturated rings. The average Bonchev–Trinajstić information content (AvgIpc) is 3.25. The summed E-state index contributed by atoms with van der Waals surface area (Å²) in [5, 5.41) is 0.625. The van der Waals surface area contributed by atoms with E-state index in [4.69, 9.17) is 21.1 Å². The predicted molar refractivity (Wildman–Crippen MR) is 106 cm³/mol. The van der Waals surface area contributed by atoms with E-state index in [1.807, 2.05) is 66.7 Å². The predicted octanol–water partition coefficient (Wildman–Crippen LogP) is 4.08. The average molecular weight is 395 g/mol. The molecule has 28 heavy (non-hydrogen) atoms. The van der Waals surface area contributed by atoms with E-state index in [1.165, 1.54) is 14.2 Å². The third-order valence-electron chi connectivity index (χ3n) is 5.77. The lowest BCUT2D eigenvalue weighted by Gasteiger charge is -2.37. The van der Waals surface area contributed by atoms with Crippen LogP contribution in [0.25, 0.3) is 0 Å². The van der Waals surface area contributed by atoms with E-state index >= 15 is 0 Å². The third-order valence-corrected chi connectivity index (χ3v) is 6.03. The minimum absolute atomic E-state index is 0.345. The van der Waals surface area contributed by atoms with Crippen LogP contribution in [0.5, 0.6) is 0 Å². The van der Waals surface area contributed by atoms with Gasteiger partial charge in [0.2, 0.25) is 0 Å². The number of ether oxygens (including phenoxy) is 2. The molecule has 0 spiro atoms. The molecule has 4 rings (SSSR count). The summed E-state index contributed by atoms with van der Waals surface area (Å²) in [5.74, 6) is -1.71. The summed E-state index contributed by atoms with van der Waals surface area (Å²) < 4.78 is 10.1. The molecule has 1 unspecified atom stereocenters. The summed E-state index contributed by atoms with van der Waals surface area (Å²) in [6, 6.07) is 17.5. The highest BCUT2D eigenvalue weighted by Gasteiger charge is 2.61. The summed E-state index contributed by atoms with van der Waals surface area (Å²) >= 11 is 6.13. The summed E-state index contributed by atoms with van der Waals surface area (Å²) in [6.45, 7) is 0. The van der Waals surface area contributed by atoms with E-state index in [0.717, 1.165) is 11.1 Å². The van der Waals surface area contributed by atoms with Gasteiger partial charge in [0, 0.05) is 22.3 Å². The zero-order valence-corrected chi connectivity index (χ0v) is 16.3. The lowest BCUT2D eigenvalue weighted by atomic mass is 9.64. The smallest absolute Gasteiger partial charge is 0.334 e. The van der Waals surface area contributed by atoms with Gasteiger partial charge in [-0.1, -0.05) is 66.2 Å². The number of carbonyl (C=O) groups is 2. The normalized spacial score (nSPS) is 25.1. The molecule has 0 aromatic heterocycles. The van der Waals surface area contributed by atoms with Crippen LogP contribution in [-0.4, -0.2) is 26.2 Å². The number of rotatable bonds is 4. The molecular formula is C23H19ClO4. The molecule has 2 aromatic carbocycles. The van der Waals surface area contributed by atoms with Crippen molar-refractivity contribution in [2.45, 2.75) is 5.41 Å². The van der Waals surface area contributed by atoms with Crippen LogP contribution in [0.15, 0.2) is 77.9 Å². The topological polar surface area (TPSA) is 52.6 Å². The third kappa shape index (κ3) is 2.45. The lowest BCUT2D eigenvalue weighted by Crippen LogP contribution is -2.36. The van der Waals surface area contributed by atoms with Crippen LogP contribution < -0.4 is 0 Å². The van der Waals surface area contributed by atoms with E-state index in [2.05, 4.69) is 0 Å². The summed E-state index contributed by atoms with van der Waals surface area (Å²) in [4.78, 5) is 25.4. The Kier molecular flexibility index (Phi) is 4.60. The van der Waals surface area contributed by atoms with Gasteiger partial charge in [0.05, 0.1) is 25.4 Å². The quantitative estimate of drug-likeness (QED) is 0.579. The van der Waals surface area contributed by atoms with Gasteiger partial charge in [-0.3, -0.25) is 0 Å². The largest absolute Gasteiger partial charge is 0.466 e. The Morgan fingerprint density at radius 1 is 0.786 bits per heavy atom. The molecule has 5 heteroatoms. The van der Waals surface area contributed by atoms with Crippen molar-refractivity contribution in [1.82, 2.24) is 0 Å². The van der Waals surface area contributed by atoms with Gasteiger partial charge < -0.3 is 9.47 Å². The van der Waals surface area contributed by atoms with Crippen molar-refractivity contribution in [3.8, 4) is 0 Å². The number of fused-ring (bicyclic) bond motifs is 2. The van der Waals surface area contributed by atoms with Gasteiger partial charge in [0.25, 0.3) is 0 Å². The first-order valence-corrected chi connectivity index (χ1v) is 9.34. The minimum atomic E-state index is -0.640. The van der Waals surface area contributed by atoms with Crippen molar-refractivity contribution < 1.29 is 19.1 Å². The maximum Gasteiger partial charge on any atom is 0.334 e. The highest BCUT2D eigenvalue weighted by atomic mass is 35.5. The number of benzene rings is 2. The fourth-order valence-electron chi connectivity index (χ4n) is 4.72. The lowest BCUT2D eigenvalue weighted by molar-refractivity contribution is -0.139. The molecule has 0 aliphatic heterocycles. The van der Waals surface area contributed by atoms with Crippen LogP contribution >= 0.6 is 11.6 Å². The molecule has 4 nitrogen and oxygen atoms in total. The van der Waals surface area contributed by atoms with Crippen LogP contribution in [0.2, 0.25) is 5.02 Å². The standard InChI is InChI=1S/C23H19ClO4/c1-27-21(25)19-17-12-13-18(20(19)22(26)28-2)23(17,14-6-4-3-5-7-14)15-8-10-16(24)11-9-15/h3-13,17-18H,1-2H3/t17-,18+,23?. The maximum absolute atomic E-state index is 12.7. The van der Waals surface area contributed by atoms with Crippen LogP contribution in [0.3, 0.4) is 0 Å². The van der Waals surface area contributed by atoms with E-state index < -0.39 is 17.4 Å². The number of methoxy groups -OCH3 is 2. The number of hydrogen-bond donors (Lipinski definition) is 0. The van der Waals surface area contributed by atoms with Crippen LogP contribution in [0.1, 0.15) is 11.1 Å². The Labute approximate surface area is 168 Å². The van der Waals surface area contributed by atoms with Crippen molar-refractivity contribution >= 4 is 23.5 Å². The summed E-state index contributed by atoms with van der Waals surface area (Å²) in [7, 11) is 2.65. The number of carbonyl (C=O) groups excluding carboxylic acids is 2. The first-order chi connectivity index (χ1) is 13.6. The first-order valence-electron chi connectivity index (χ1n) is 8.96. The number of halogens is 1. The Hall–Kier alpha value is -2.85. The highest BCUT2D eigenvalue weighted by molar-refractivity contribution is 6.30. The Morgan fingerprint density at radius 3 is 1.71 bits per heavy atom. The Balaban J connectivity index is 2.01. The first kappa shape index (κ1) is 18.5. The molecule has 2 bridgehead atoms. The zero-order chi connectivity index (χ0) is 19.9. The van der Waals surface area contributed by atoms with Crippen molar-refractivity contribution in [1.29, 1.82) is 0 Å². The molecule has 0 saturated heterocycles. The Bertz CT molecular complexity index is 953. The summed E-state index contributed by atoms with van der Waals surface area (Å²) in [5.41, 5.74) is 2.07. The number of esters is 2. The van der Waals surface area contributed by atoms with Gasteiger partial charge in [-0.05, 0) is 23.3 Å². The van der Waals surface area contributed by atoms with Crippen molar-refractivity contribution in [2.24, 2.45) is 11.8 Å². The van der Waals surface area contributed by atoms with E-state index in [9.17, 15) is 9.59 Å². The minimum Gasteiger partial charge on any atom is -0.466 e. The van der Waals surface area contributed by atoms with Crippen LogP contribution in [-0.2, 0) is 24.5 Å². The Morgan fingerprint density at radius 2 is 1.25 bits per heavy atom. The van der Waals surface area contributed by atoms with Crippen LogP contribution in [0.4, 0.5) is 0 Å². The highest BCUT2D eigenvalue weighted by Crippen LogP contribution is 2.61. The number of allylic oxidation sites excluding steroid dienone is 2. The van der Waals surface area contributed by atoms with Gasteiger partial charge in [0.15, 0.2) is 0 Å². The molecule has 2 aliphatic rings. The fourth-order valence-corrected chi connectivity index (χ4v) is 4.85. The molecular weight excluding hydrogens is 376 g/mol. The van der Waals surface area contributed by atoms with E-state index in [1.54, 1.807) is 0 Å². The van der Waals surface area contributed by atoms with Crippen molar-refractivity contribution in [2.75, 3.05) is 14.2 Å². The van der Waals surface area contributed by atoms with Gasteiger partial charge in [-0.15, -0.1) is 0 Å². The maximum atomic E-state index is 12.7. The molecule has 2 aromatic rings. The van der Waals surface area contributed by atoms with Crippen molar-refractivity contribution in [3.63, 3.8) is 0 Å². The molecule has 142 valence electrons. The zero-order valence-electron chi connectivity index (χ0n) is 15.5. The summed E-state index contributed by atoms with van der Waals surface area (Å²) in [6.07, 6.45) is 3.98. The molecule has 0 heterocycles. The van der Waals surface area contributed by atoms with Gasteiger partial charge in [0.1, 0.15) is 0 Å². The second-order valence-electron chi connectivity index (χ2n) is 6.89. The van der Waals surface area contributed by atoms with Crippen LogP contribution in [0, 0.1) is 11.8 Å². The van der Waals surface area contributed by atoms with Gasteiger partial charge in [-0.2, -0.15) is 0 Å². The monoisotopic (exact) mass is 394 g/mol. The van der Waals surface area contributed by atoms with E-state index in [0.29, 0.717) is 16.2 Å². The second-order valence-corrected chi connectivity index (χ2v) is 7.33. The fraction of sp³-hybridized carbons (Fsp3) is 0.217. The molecule has 3 atom stereocenters. The van der Waals surface area contributed by atoms with Gasteiger partial charge in [-0.25, -0.2) is 9.59 Å². The molecule has 0 amide bonds. The molecule has 0 saturated carbocycles. The van der Waals surface area contributed by atoms with E-state index in [-0.39, 0.29) is 11.8 Å². The number of hydrogen-bond acceptors (Lipinski definition) is 4. The molecule has 0 radical (unpaired) electrons. The van der Waals surface area contributed by atoms with Gasteiger partial charge >= 0.3 is 11.9 Å². The molecule has 2 aliphatic carbocycles. The molecule has 0 N–H and O–H groups in total. The van der Waals surface area contributed by atoms with Crippen molar-refractivity contribution in [3.05, 3.63) is 94.0 Å². The second kappa shape index (κ2) is 6.95.